The average Bonchev–Trinajstić information content (AvgIpc) is 2.42. The average molecular weight is 217 g/mol. The van der Waals surface area contributed by atoms with Crippen LogP contribution < -0.4 is 0 Å². The zero-order valence-electron chi connectivity index (χ0n) is 8.23. The van der Waals surface area contributed by atoms with Crippen molar-refractivity contribution in [3.8, 4) is 6.07 Å². The Balaban J connectivity index is 2.77. The molecule has 1 N–H and O–H groups in total. The zero-order valence-corrected chi connectivity index (χ0v) is 9.05. The molecule has 1 rings (SSSR count). The summed E-state index contributed by atoms with van der Waals surface area (Å²) in [4.78, 5) is 0. The van der Waals surface area contributed by atoms with Gasteiger partial charge in [0.05, 0.1) is 23.0 Å². The van der Waals surface area contributed by atoms with Crippen molar-refractivity contribution in [2.45, 2.75) is 19.8 Å². The largest absolute Gasteiger partial charge is 0.396 e. The predicted octanol–water partition coefficient (Wildman–Crippen LogP) is 0.333. The van der Waals surface area contributed by atoms with Crippen molar-refractivity contribution in [1.29, 1.82) is 5.26 Å². The molecule has 14 heavy (non-hydrogen) atoms. The molecule has 0 aromatic carbocycles. The van der Waals surface area contributed by atoms with Gasteiger partial charge in [-0.15, -0.1) is 0 Å². The molecular weight excluding hydrogens is 202 g/mol. The molecule has 5 heteroatoms. The maximum atomic E-state index is 11.3. The van der Waals surface area contributed by atoms with Crippen LogP contribution in [-0.2, 0) is 9.84 Å². The number of aliphatic hydroxyl groups excluding tert-OH is 1. The lowest BCUT2D eigenvalue weighted by Crippen LogP contribution is -2.24. The minimum Gasteiger partial charge on any atom is -0.396 e. The lowest BCUT2D eigenvalue weighted by atomic mass is 9.81. The van der Waals surface area contributed by atoms with E-state index >= 15 is 0 Å². The number of nitriles is 1. The zero-order chi connectivity index (χ0) is 10.8. The van der Waals surface area contributed by atoms with Gasteiger partial charge in [-0.2, -0.15) is 5.26 Å². The Morgan fingerprint density at radius 1 is 1.64 bits per heavy atom. The van der Waals surface area contributed by atoms with E-state index in [1.54, 1.807) is 0 Å². The van der Waals surface area contributed by atoms with Crippen LogP contribution in [0.3, 0.4) is 0 Å². The maximum Gasteiger partial charge on any atom is 0.151 e. The first-order chi connectivity index (χ1) is 6.43. The van der Waals surface area contributed by atoms with Crippen molar-refractivity contribution in [3.05, 3.63) is 0 Å². The molecule has 1 fully saturated rings. The molecule has 1 saturated heterocycles. The van der Waals surface area contributed by atoms with Crippen molar-refractivity contribution in [1.82, 2.24) is 0 Å². The Hall–Kier alpha value is -0.600. The summed E-state index contributed by atoms with van der Waals surface area (Å²) in [6, 6.07) is 2.11. The fourth-order valence-corrected chi connectivity index (χ4v) is 3.96. The highest BCUT2D eigenvalue weighted by atomic mass is 32.2. The van der Waals surface area contributed by atoms with Gasteiger partial charge in [-0.1, -0.05) is 6.92 Å². The van der Waals surface area contributed by atoms with Crippen LogP contribution in [0.4, 0.5) is 0 Å². The summed E-state index contributed by atoms with van der Waals surface area (Å²) in [5.74, 6) is 0.0578. The molecule has 0 spiro atoms. The molecule has 0 aromatic rings. The van der Waals surface area contributed by atoms with Crippen molar-refractivity contribution < 1.29 is 13.5 Å². The molecule has 0 bridgehead atoms. The second-order valence-corrected chi connectivity index (χ2v) is 6.41. The fourth-order valence-electron chi connectivity index (χ4n) is 1.94. The van der Waals surface area contributed by atoms with E-state index in [1.165, 1.54) is 0 Å². The number of hydrogen-bond donors (Lipinski definition) is 1. The summed E-state index contributed by atoms with van der Waals surface area (Å²) in [5.41, 5.74) is -0.749. The van der Waals surface area contributed by atoms with E-state index in [0.717, 1.165) is 0 Å². The first-order valence-electron chi connectivity index (χ1n) is 4.66. The van der Waals surface area contributed by atoms with E-state index in [2.05, 4.69) is 6.07 Å². The quantitative estimate of drug-likeness (QED) is 0.739. The molecule has 1 aliphatic heterocycles. The summed E-state index contributed by atoms with van der Waals surface area (Å²) in [7, 11) is -3.02. The van der Waals surface area contributed by atoms with Crippen LogP contribution in [0.25, 0.3) is 0 Å². The molecular formula is C9H15NO3S. The van der Waals surface area contributed by atoms with Crippen LogP contribution in [0.5, 0.6) is 0 Å². The van der Waals surface area contributed by atoms with Gasteiger partial charge >= 0.3 is 0 Å². The van der Waals surface area contributed by atoms with Gasteiger partial charge in [-0.25, -0.2) is 8.42 Å². The molecule has 0 aliphatic carbocycles. The topological polar surface area (TPSA) is 78.2 Å². The molecule has 0 aromatic heterocycles. The number of aliphatic hydroxyl groups is 1. The summed E-state index contributed by atoms with van der Waals surface area (Å²) in [6.07, 6.45) is 0.884. The van der Waals surface area contributed by atoms with E-state index in [4.69, 9.17) is 10.4 Å². The van der Waals surface area contributed by atoms with Gasteiger partial charge < -0.3 is 5.11 Å². The summed E-state index contributed by atoms with van der Waals surface area (Å²) in [5, 5.41) is 17.9. The maximum absolute atomic E-state index is 11.3. The Morgan fingerprint density at radius 3 is 2.64 bits per heavy atom. The minimum atomic E-state index is -3.02. The fraction of sp³-hybridized carbons (Fsp3) is 0.889. The van der Waals surface area contributed by atoms with Crippen molar-refractivity contribution in [2.24, 2.45) is 11.3 Å². The van der Waals surface area contributed by atoms with Crippen LogP contribution in [-0.4, -0.2) is 31.6 Å². The number of hydrogen-bond acceptors (Lipinski definition) is 4. The number of nitrogens with zero attached hydrogens (tertiary/aromatic N) is 1. The third kappa shape index (κ3) is 2.46. The molecule has 0 radical (unpaired) electrons. The Labute approximate surface area is 84.5 Å². The van der Waals surface area contributed by atoms with Crippen molar-refractivity contribution >= 4 is 9.84 Å². The van der Waals surface area contributed by atoms with Crippen molar-refractivity contribution in [2.75, 3.05) is 18.1 Å². The van der Waals surface area contributed by atoms with Crippen LogP contribution >= 0.6 is 0 Å². The molecule has 1 aliphatic rings. The smallest absolute Gasteiger partial charge is 0.151 e. The van der Waals surface area contributed by atoms with Gasteiger partial charge in [-0.3, -0.25) is 0 Å². The summed E-state index contributed by atoms with van der Waals surface area (Å²) >= 11 is 0. The number of rotatable bonds is 3. The lowest BCUT2D eigenvalue weighted by Gasteiger charge is -2.21. The summed E-state index contributed by atoms with van der Waals surface area (Å²) in [6.45, 7) is 1.83. The Bertz CT molecular complexity index is 344. The van der Waals surface area contributed by atoms with Crippen LogP contribution in [0, 0.1) is 22.7 Å². The SMILES string of the molecule is CC(CO)CC1(C#N)CCS(=O)(=O)C1. The lowest BCUT2D eigenvalue weighted by molar-refractivity contribution is 0.199. The highest BCUT2D eigenvalue weighted by molar-refractivity contribution is 7.91. The van der Waals surface area contributed by atoms with Crippen LogP contribution in [0.1, 0.15) is 19.8 Å². The Kier molecular flexibility index (Phi) is 3.17. The van der Waals surface area contributed by atoms with Gasteiger partial charge in [0.2, 0.25) is 0 Å². The van der Waals surface area contributed by atoms with Gasteiger partial charge in [0.15, 0.2) is 9.84 Å². The van der Waals surface area contributed by atoms with Crippen LogP contribution in [0.15, 0.2) is 0 Å². The first-order valence-corrected chi connectivity index (χ1v) is 6.48. The van der Waals surface area contributed by atoms with E-state index in [9.17, 15) is 8.42 Å². The third-order valence-electron chi connectivity index (χ3n) is 2.68. The third-order valence-corrected chi connectivity index (χ3v) is 4.49. The van der Waals surface area contributed by atoms with Gasteiger partial charge in [0.1, 0.15) is 0 Å². The molecule has 2 unspecified atom stereocenters. The molecule has 0 saturated carbocycles. The standard InChI is InChI=1S/C9H15NO3S/c1-8(5-11)4-9(6-10)2-3-14(12,13)7-9/h8,11H,2-5,7H2,1H3. The van der Waals surface area contributed by atoms with Crippen molar-refractivity contribution in [3.63, 3.8) is 0 Å². The normalized spacial score (nSPS) is 32.4. The molecule has 80 valence electrons. The first kappa shape index (κ1) is 11.5. The second kappa shape index (κ2) is 3.87. The molecule has 1 heterocycles. The number of sulfone groups is 1. The van der Waals surface area contributed by atoms with Gasteiger partial charge in [-0.05, 0) is 18.8 Å². The highest BCUT2D eigenvalue weighted by Crippen LogP contribution is 2.37. The second-order valence-electron chi connectivity index (χ2n) is 4.23. The van der Waals surface area contributed by atoms with E-state index in [-0.39, 0.29) is 24.0 Å². The monoisotopic (exact) mass is 217 g/mol. The molecule has 2 atom stereocenters. The molecule has 4 nitrogen and oxygen atoms in total. The highest BCUT2D eigenvalue weighted by Gasteiger charge is 2.43. The van der Waals surface area contributed by atoms with Gasteiger partial charge in [0, 0.05) is 6.61 Å². The Morgan fingerprint density at radius 2 is 2.29 bits per heavy atom. The molecule has 0 amide bonds. The van der Waals surface area contributed by atoms with E-state index in [0.29, 0.717) is 12.8 Å². The van der Waals surface area contributed by atoms with E-state index in [1.807, 2.05) is 6.92 Å². The van der Waals surface area contributed by atoms with Crippen LogP contribution in [0.2, 0.25) is 0 Å². The minimum absolute atomic E-state index is 0.00345. The van der Waals surface area contributed by atoms with Gasteiger partial charge in [0.25, 0.3) is 0 Å². The van der Waals surface area contributed by atoms with E-state index < -0.39 is 15.3 Å². The summed E-state index contributed by atoms with van der Waals surface area (Å²) < 4.78 is 22.5. The predicted molar refractivity (Wildman–Crippen MR) is 52.2 cm³/mol.